The number of anilines is 2. The predicted molar refractivity (Wildman–Crippen MR) is 111 cm³/mol. The Labute approximate surface area is 172 Å². The lowest BCUT2D eigenvalue weighted by molar-refractivity contribution is -0.383. The Kier molecular flexibility index (Phi) is 5.21. The molecule has 156 valence electrons. The van der Waals surface area contributed by atoms with E-state index in [0.717, 1.165) is 17.6 Å². The molecule has 4 rings (SSSR count). The van der Waals surface area contributed by atoms with Gasteiger partial charge in [0.15, 0.2) is 0 Å². The third-order valence-corrected chi connectivity index (χ3v) is 4.94. The van der Waals surface area contributed by atoms with E-state index in [-0.39, 0.29) is 30.0 Å². The monoisotopic (exact) mass is 410 g/mol. The largest absolute Gasteiger partial charge is 0.462 e. The number of nitrogens with one attached hydrogen (secondary N) is 2. The Morgan fingerprint density at radius 1 is 1.37 bits per heavy atom. The van der Waals surface area contributed by atoms with Crippen LogP contribution in [0, 0.1) is 10.1 Å². The molecule has 0 atom stereocenters. The maximum atomic E-state index is 11.8. The number of benzene rings is 1. The molecule has 0 bridgehead atoms. The number of carbonyl (C=O) groups excluding carboxylic acids is 1. The standard InChI is InChI=1S/C20H22N6O4/c1-12(2)30-17(27)9-21-19-18(26(28)29)20(23-11-22-19)25-8-7-14-13-5-3-4-6-15(13)24-16(14)10-25/h3-6,11-12,24H,7-10H2,1-2H3,(H,21,22,23). The fourth-order valence-corrected chi connectivity index (χ4v) is 3.73. The zero-order valence-corrected chi connectivity index (χ0v) is 16.7. The fraction of sp³-hybridized carbons (Fsp3) is 0.350. The lowest BCUT2D eigenvalue weighted by atomic mass is 10.0. The highest BCUT2D eigenvalue weighted by Crippen LogP contribution is 2.35. The maximum Gasteiger partial charge on any atom is 0.353 e. The second-order valence-electron chi connectivity index (χ2n) is 7.34. The second kappa shape index (κ2) is 7.97. The molecule has 1 aliphatic rings. The Hall–Kier alpha value is -3.69. The molecule has 0 aliphatic carbocycles. The molecule has 30 heavy (non-hydrogen) atoms. The normalized spacial score (nSPS) is 13.4. The van der Waals surface area contributed by atoms with Crippen molar-refractivity contribution in [3.8, 4) is 0 Å². The van der Waals surface area contributed by atoms with Gasteiger partial charge in [-0.25, -0.2) is 9.97 Å². The van der Waals surface area contributed by atoms with Gasteiger partial charge in [-0.15, -0.1) is 0 Å². The van der Waals surface area contributed by atoms with Crippen molar-refractivity contribution in [1.29, 1.82) is 0 Å². The molecule has 10 heteroatoms. The van der Waals surface area contributed by atoms with Crippen molar-refractivity contribution < 1.29 is 14.5 Å². The second-order valence-corrected chi connectivity index (χ2v) is 7.34. The van der Waals surface area contributed by atoms with E-state index in [1.54, 1.807) is 13.8 Å². The van der Waals surface area contributed by atoms with Crippen LogP contribution in [0.1, 0.15) is 25.1 Å². The molecule has 0 amide bonds. The molecule has 0 fully saturated rings. The quantitative estimate of drug-likeness (QED) is 0.361. The first-order valence-electron chi connectivity index (χ1n) is 9.70. The molecule has 10 nitrogen and oxygen atoms in total. The van der Waals surface area contributed by atoms with Gasteiger partial charge in [-0.05, 0) is 31.9 Å². The summed E-state index contributed by atoms with van der Waals surface area (Å²) in [6, 6.07) is 8.06. The van der Waals surface area contributed by atoms with Crippen LogP contribution in [0.4, 0.5) is 17.3 Å². The average Bonchev–Trinajstić information content (AvgIpc) is 3.09. The van der Waals surface area contributed by atoms with E-state index in [1.807, 2.05) is 23.1 Å². The number of fused-ring (bicyclic) bond motifs is 3. The molecule has 0 unspecified atom stereocenters. The first-order valence-corrected chi connectivity index (χ1v) is 9.70. The minimum Gasteiger partial charge on any atom is -0.462 e. The van der Waals surface area contributed by atoms with Gasteiger partial charge < -0.3 is 19.9 Å². The summed E-state index contributed by atoms with van der Waals surface area (Å²) in [7, 11) is 0. The Morgan fingerprint density at radius 2 is 2.17 bits per heavy atom. The molecule has 3 heterocycles. The number of nitrogens with zero attached hydrogens (tertiary/aromatic N) is 4. The summed E-state index contributed by atoms with van der Waals surface area (Å²) in [4.78, 5) is 36.5. The van der Waals surface area contributed by atoms with Crippen LogP contribution in [0.5, 0.6) is 0 Å². The SMILES string of the molecule is CC(C)OC(=O)CNc1ncnc(N2CCc3c([nH]c4ccccc34)C2)c1[N+](=O)[O-]. The predicted octanol–water partition coefficient (Wildman–Crippen LogP) is 2.79. The number of aromatic nitrogens is 3. The number of ether oxygens (including phenoxy) is 1. The first kappa shape index (κ1) is 19.6. The van der Waals surface area contributed by atoms with Crippen LogP contribution in [0.15, 0.2) is 30.6 Å². The number of hydrogen-bond donors (Lipinski definition) is 2. The van der Waals surface area contributed by atoms with Crippen molar-refractivity contribution in [1.82, 2.24) is 15.0 Å². The number of H-pyrrole nitrogens is 1. The molecule has 0 saturated carbocycles. The van der Waals surface area contributed by atoms with Crippen LogP contribution >= 0.6 is 0 Å². The highest BCUT2D eigenvalue weighted by Gasteiger charge is 2.30. The summed E-state index contributed by atoms with van der Waals surface area (Å²) in [6.07, 6.45) is 1.73. The van der Waals surface area contributed by atoms with Crippen LogP contribution in [0.25, 0.3) is 10.9 Å². The molecule has 2 N–H and O–H groups in total. The van der Waals surface area contributed by atoms with Crippen molar-refractivity contribution in [3.63, 3.8) is 0 Å². The molecular weight excluding hydrogens is 388 g/mol. The number of aromatic amines is 1. The van der Waals surface area contributed by atoms with Crippen LogP contribution in [-0.4, -0.2) is 45.0 Å². The number of hydrogen-bond acceptors (Lipinski definition) is 8. The van der Waals surface area contributed by atoms with Gasteiger partial charge in [0.1, 0.15) is 12.9 Å². The summed E-state index contributed by atoms with van der Waals surface area (Å²) >= 11 is 0. The zero-order valence-electron chi connectivity index (χ0n) is 16.7. The summed E-state index contributed by atoms with van der Waals surface area (Å²) in [5.41, 5.74) is 3.04. The van der Waals surface area contributed by atoms with Crippen molar-refractivity contribution in [2.24, 2.45) is 0 Å². The lowest BCUT2D eigenvalue weighted by Gasteiger charge is -2.27. The lowest BCUT2D eigenvalue weighted by Crippen LogP contribution is -2.32. The average molecular weight is 410 g/mol. The molecule has 3 aromatic rings. The van der Waals surface area contributed by atoms with Gasteiger partial charge in [0.05, 0.1) is 17.6 Å². The summed E-state index contributed by atoms with van der Waals surface area (Å²) in [5, 5.41) is 15.7. The zero-order chi connectivity index (χ0) is 21.3. The Bertz CT molecular complexity index is 1110. The van der Waals surface area contributed by atoms with E-state index in [9.17, 15) is 14.9 Å². The van der Waals surface area contributed by atoms with E-state index < -0.39 is 10.9 Å². The van der Waals surface area contributed by atoms with Crippen molar-refractivity contribution in [2.75, 3.05) is 23.3 Å². The fourth-order valence-electron chi connectivity index (χ4n) is 3.73. The molecule has 2 aromatic heterocycles. The third-order valence-electron chi connectivity index (χ3n) is 4.94. The van der Waals surface area contributed by atoms with Crippen LogP contribution in [0.3, 0.4) is 0 Å². The van der Waals surface area contributed by atoms with Crippen LogP contribution in [-0.2, 0) is 22.5 Å². The van der Waals surface area contributed by atoms with E-state index in [4.69, 9.17) is 4.74 Å². The van der Waals surface area contributed by atoms with Gasteiger partial charge in [0.25, 0.3) is 0 Å². The van der Waals surface area contributed by atoms with E-state index in [0.29, 0.717) is 13.1 Å². The highest BCUT2D eigenvalue weighted by atomic mass is 16.6. The van der Waals surface area contributed by atoms with E-state index in [1.165, 1.54) is 17.3 Å². The van der Waals surface area contributed by atoms with Crippen LogP contribution < -0.4 is 10.2 Å². The van der Waals surface area contributed by atoms with E-state index >= 15 is 0 Å². The van der Waals surface area contributed by atoms with Gasteiger partial charge in [0, 0.05) is 23.1 Å². The van der Waals surface area contributed by atoms with Crippen molar-refractivity contribution in [3.05, 3.63) is 52.0 Å². The van der Waals surface area contributed by atoms with Gasteiger partial charge in [-0.2, -0.15) is 0 Å². The minimum atomic E-state index is -0.522. The molecule has 1 aromatic carbocycles. The van der Waals surface area contributed by atoms with Gasteiger partial charge in [-0.3, -0.25) is 14.9 Å². The molecular formula is C20H22N6O4. The van der Waals surface area contributed by atoms with E-state index in [2.05, 4.69) is 26.3 Å². The summed E-state index contributed by atoms with van der Waals surface area (Å²) in [6.45, 7) is 4.30. The smallest absolute Gasteiger partial charge is 0.353 e. The topological polar surface area (TPSA) is 126 Å². The highest BCUT2D eigenvalue weighted by molar-refractivity contribution is 5.85. The Balaban J connectivity index is 1.61. The Morgan fingerprint density at radius 3 is 2.93 bits per heavy atom. The molecule has 1 aliphatic heterocycles. The number of para-hydroxylation sites is 1. The van der Waals surface area contributed by atoms with Crippen molar-refractivity contribution >= 4 is 34.2 Å². The number of esters is 1. The molecule has 0 radical (unpaired) electrons. The number of rotatable bonds is 6. The maximum absolute atomic E-state index is 11.8. The van der Waals surface area contributed by atoms with Gasteiger partial charge >= 0.3 is 11.7 Å². The minimum absolute atomic E-state index is 0.00634. The van der Waals surface area contributed by atoms with Gasteiger partial charge in [-0.1, -0.05) is 18.2 Å². The molecule has 0 spiro atoms. The van der Waals surface area contributed by atoms with Gasteiger partial charge in [0.2, 0.25) is 11.6 Å². The molecule has 0 saturated heterocycles. The van der Waals surface area contributed by atoms with Crippen molar-refractivity contribution in [2.45, 2.75) is 32.9 Å². The summed E-state index contributed by atoms with van der Waals surface area (Å²) in [5.74, 6) is -0.299. The third kappa shape index (κ3) is 3.76. The van der Waals surface area contributed by atoms with Crippen LogP contribution in [0.2, 0.25) is 0 Å². The number of carbonyl (C=O) groups is 1. The first-order chi connectivity index (χ1) is 14.4. The number of nitro groups is 1. The summed E-state index contributed by atoms with van der Waals surface area (Å²) < 4.78 is 5.06.